The lowest BCUT2D eigenvalue weighted by atomic mass is 9.86. The van der Waals surface area contributed by atoms with Gasteiger partial charge in [-0.15, -0.1) is 0 Å². The first-order valence-corrected chi connectivity index (χ1v) is 11.1. The Morgan fingerprint density at radius 2 is 1.53 bits per heavy atom. The van der Waals surface area contributed by atoms with Gasteiger partial charge in [0.05, 0.1) is 11.9 Å². The first kappa shape index (κ1) is 22.1. The third-order valence-corrected chi connectivity index (χ3v) is 5.82. The van der Waals surface area contributed by atoms with Crippen LogP contribution in [-0.4, -0.2) is 6.21 Å². The van der Waals surface area contributed by atoms with Gasteiger partial charge in [0.2, 0.25) is 0 Å². The fourth-order valence-electron chi connectivity index (χ4n) is 3.98. The summed E-state index contributed by atoms with van der Waals surface area (Å²) in [7, 11) is 0. The van der Waals surface area contributed by atoms with Crippen molar-refractivity contribution >= 4 is 11.9 Å². The molecule has 158 valence electrons. The number of nitrogens with one attached hydrogen (secondary N) is 1. The van der Waals surface area contributed by atoms with Crippen LogP contribution < -0.4 is 5.43 Å². The molecule has 2 nitrogen and oxygen atoms in total. The van der Waals surface area contributed by atoms with Crippen LogP contribution in [0, 0.1) is 5.41 Å². The summed E-state index contributed by atoms with van der Waals surface area (Å²) in [5.74, 6) is 1.19. The normalized spacial score (nSPS) is 16.7. The van der Waals surface area contributed by atoms with Crippen molar-refractivity contribution in [3.63, 3.8) is 0 Å². The molecule has 30 heavy (non-hydrogen) atoms. The number of hydrazone groups is 1. The number of anilines is 1. The highest BCUT2D eigenvalue weighted by molar-refractivity contribution is 5.83. The van der Waals surface area contributed by atoms with Gasteiger partial charge in [-0.3, -0.25) is 5.43 Å². The number of hydrogen-bond acceptors (Lipinski definition) is 2. The molecule has 1 unspecified atom stereocenters. The van der Waals surface area contributed by atoms with E-state index in [1.807, 2.05) is 6.21 Å². The summed E-state index contributed by atoms with van der Waals surface area (Å²) in [6.07, 6.45) is 8.91. The van der Waals surface area contributed by atoms with Crippen molar-refractivity contribution in [1.82, 2.24) is 0 Å². The second-order valence-electron chi connectivity index (χ2n) is 9.88. The molecular weight excluding hydrogens is 364 g/mol. The van der Waals surface area contributed by atoms with Gasteiger partial charge in [0.15, 0.2) is 0 Å². The van der Waals surface area contributed by atoms with Gasteiger partial charge in [0, 0.05) is 5.92 Å². The molecule has 0 saturated heterocycles. The van der Waals surface area contributed by atoms with Gasteiger partial charge in [-0.05, 0) is 45.1 Å². The second kappa shape index (κ2) is 9.04. The number of para-hydroxylation sites is 1. The van der Waals surface area contributed by atoms with Gasteiger partial charge in [-0.25, -0.2) is 0 Å². The highest BCUT2D eigenvalue weighted by atomic mass is 15.3. The van der Waals surface area contributed by atoms with Crippen LogP contribution in [0.3, 0.4) is 0 Å². The Kier molecular flexibility index (Phi) is 6.65. The molecule has 0 radical (unpaired) electrons. The zero-order chi connectivity index (χ0) is 21.9. The minimum atomic E-state index is 0.170. The Balaban J connectivity index is 1.88. The summed E-state index contributed by atoms with van der Waals surface area (Å²) < 4.78 is 0. The molecule has 0 saturated carbocycles. The fraction of sp³-hybridized carbons (Fsp3) is 0.393. The molecule has 2 heteroatoms. The van der Waals surface area contributed by atoms with E-state index in [2.05, 4.69) is 120 Å². The number of rotatable bonds is 6. The van der Waals surface area contributed by atoms with Gasteiger partial charge in [-0.1, -0.05) is 109 Å². The first-order valence-electron chi connectivity index (χ1n) is 11.1. The van der Waals surface area contributed by atoms with Crippen molar-refractivity contribution in [3.8, 4) is 0 Å². The fourth-order valence-corrected chi connectivity index (χ4v) is 3.98. The quantitative estimate of drug-likeness (QED) is 0.385. The minimum absolute atomic E-state index is 0.170. The first-order chi connectivity index (χ1) is 14.2. The van der Waals surface area contributed by atoms with Crippen LogP contribution in [0.1, 0.15) is 88.5 Å². The smallest absolute Gasteiger partial charge is 0.0630 e. The zero-order valence-corrected chi connectivity index (χ0v) is 19.5. The summed E-state index contributed by atoms with van der Waals surface area (Å²) in [6, 6.07) is 15.1. The van der Waals surface area contributed by atoms with Crippen molar-refractivity contribution in [2.24, 2.45) is 10.5 Å². The molecule has 0 bridgehead atoms. The van der Waals surface area contributed by atoms with E-state index in [0.29, 0.717) is 17.8 Å². The number of benzene rings is 2. The predicted molar refractivity (Wildman–Crippen MR) is 132 cm³/mol. The third kappa shape index (κ3) is 4.92. The summed E-state index contributed by atoms with van der Waals surface area (Å²) in [5.41, 5.74) is 11.1. The van der Waals surface area contributed by atoms with Crippen LogP contribution in [-0.2, 0) is 0 Å². The Bertz CT molecular complexity index is 942. The SMILES string of the molecule is CC(C)c1cccc(C(C)C)c1NN=Cc1ccccc1C1C=CC(C(C)(C)C)=C1. The Morgan fingerprint density at radius 1 is 0.900 bits per heavy atom. The van der Waals surface area contributed by atoms with Crippen LogP contribution in [0.4, 0.5) is 5.69 Å². The molecule has 2 aromatic rings. The zero-order valence-electron chi connectivity index (χ0n) is 19.5. The summed E-state index contributed by atoms with van der Waals surface area (Å²) in [5, 5.41) is 4.68. The van der Waals surface area contributed by atoms with Crippen LogP contribution in [0.5, 0.6) is 0 Å². The average Bonchev–Trinajstić information content (AvgIpc) is 3.18. The molecule has 0 fully saturated rings. The molecule has 0 aromatic heterocycles. The molecule has 0 amide bonds. The van der Waals surface area contributed by atoms with Crippen molar-refractivity contribution in [2.75, 3.05) is 5.43 Å². The van der Waals surface area contributed by atoms with Crippen molar-refractivity contribution in [3.05, 3.63) is 88.5 Å². The second-order valence-corrected chi connectivity index (χ2v) is 9.88. The highest BCUT2D eigenvalue weighted by Crippen LogP contribution is 2.37. The van der Waals surface area contributed by atoms with Crippen LogP contribution in [0.2, 0.25) is 0 Å². The highest BCUT2D eigenvalue weighted by Gasteiger charge is 2.22. The van der Waals surface area contributed by atoms with E-state index < -0.39 is 0 Å². The number of allylic oxidation sites excluding steroid dienone is 4. The number of nitrogens with zero attached hydrogens (tertiary/aromatic N) is 1. The van der Waals surface area contributed by atoms with Gasteiger partial charge < -0.3 is 0 Å². The van der Waals surface area contributed by atoms with Gasteiger partial charge in [0.25, 0.3) is 0 Å². The molecule has 1 atom stereocenters. The standard InChI is InChI=1S/C28H36N2/c1-19(2)24-13-10-14-25(20(3)4)27(24)30-29-18-22-11-8-9-12-26(22)21-15-16-23(17-21)28(5,6)7/h8-21,30H,1-7H3. The Morgan fingerprint density at radius 3 is 2.10 bits per heavy atom. The van der Waals surface area contributed by atoms with Crippen LogP contribution in [0.15, 0.2) is 71.4 Å². The van der Waals surface area contributed by atoms with Crippen LogP contribution in [0.25, 0.3) is 0 Å². The van der Waals surface area contributed by atoms with Crippen molar-refractivity contribution in [2.45, 2.75) is 66.2 Å². The molecule has 0 spiro atoms. The van der Waals surface area contributed by atoms with Crippen molar-refractivity contribution in [1.29, 1.82) is 0 Å². The monoisotopic (exact) mass is 400 g/mol. The average molecular weight is 401 g/mol. The van der Waals surface area contributed by atoms with Gasteiger partial charge in [0.1, 0.15) is 0 Å². The lowest BCUT2D eigenvalue weighted by molar-refractivity contribution is 0.517. The summed E-state index contributed by atoms with van der Waals surface area (Å²) in [4.78, 5) is 0. The maximum absolute atomic E-state index is 4.68. The Labute approximate surface area is 182 Å². The lowest BCUT2D eigenvalue weighted by Gasteiger charge is -2.19. The van der Waals surface area contributed by atoms with E-state index in [4.69, 9.17) is 0 Å². The maximum Gasteiger partial charge on any atom is 0.0630 e. The lowest BCUT2D eigenvalue weighted by Crippen LogP contribution is -2.06. The van der Waals surface area contributed by atoms with E-state index in [0.717, 1.165) is 11.3 Å². The maximum atomic E-state index is 4.68. The van der Waals surface area contributed by atoms with E-state index in [9.17, 15) is 0 Å². The van der Waals surface area contributed by atoms with Crippen LogP contribution >= 0.6 is 0 Å². The topological polar surface area (TPSA) is 24.4 Å². The van der Waals surface area contributed by atoms with E-state index >= 15 is 0 Å². The molecule has 3 rings (SSSR count). The third-order valence-electron chi connectivity index (χ3n) is 5.82. The largest absolute Gasteiger partial charge is 0.278 e. The van der Waals surface area contributed by atoms with E-state index in [-0.39, 0.29) is 5.41 Å². The number of hydrogen-bond donors (Lipinski definition) is 1. The van der Waals surface area contributed by atoms with Gasteiger partial charge >= 0.3 is 0 Å². The van der Waals surface area contributed by atoms with E-state index in [1.54, 1.807) is 0 Å². The summed E-state index contributed by atoms with van der Waals surface area (Å²) >= 11 is 0. The predicted octanol–water partition coefficient (Wildman–Crippen LogP) is 8.01. The summed E-state index contributed by atoms with van der Waals surface area (Å²) in [6.45, 7) is 15.7. The molecule has 2 aromatic carbocycles. The molecule has 0 aliphatic heterocycles. The minimum Gasteiger partial charge on any atom is -0.278 e. The molecule has 1 aliphatic rings. The van der Waals surface area contributed by atoms with Gasteiger partial charge in [-0.2, -0.15) is 5.10 Å². The van der Waals surface area contributed by atoms with E-state index in [1.165, 1.54) is 22.3 Å². The molecule has 1 N–H and O–H groups in total. The van der Waals surface area contributed by atoms with Crippen molar-refractivity contribution < 1.29 is 0 Å². The molecule has 1 aliphatic carbocycles. The molecular formula is C28H36N2. The molecule has 0 heterocycles. The Hall–Kier alpha value is -2.61.